The van der Waals surface area contributed by atoms with Crippen molar-refractivity contribution in [1.29, 1.82) is 0 Å². The molecule has 9 heteroatoms. The summed E-state index contributed by atoms with van der Waals surface area (Å²) in [5.41, 5.74) is 1.85. The van der Waals surface area contributed by atoms with Gasteiger partial charge in [0.1, 0.15) is 11.4 Å². The Morgan fingerprint density at radius 2 is 1.87 bits per heavy atom. The normalized spacial score (nSPS) is 14.4. The van der Waals surface area contributed by atoms with Crippen LogP contribution < -0.4 is 10.5 Å². The minimum absolute atomic E-state index is 0.0107. The molecule has 1 fully saturated rings. The van der Waals surface area contributed by atoms with Crippen molar-refractivity contribution in [2.45, 2.75) is 6.54 Å². The Bertz CT molecular complexity index is 1230. The van der Waals surface area contributed by atoms with Gasteiger partial charge in [0.15, 0.2) is 0 Å². The lowest BCUT2D eigenvalue weighted by molar-refractivity contribution is -0.132. The predicted octanol–water partition coefficient (Wildman–Crippen LogP) is 2.93. The quantitative estimate of drug-likeness (QED) is 0.491. The van der Waals surface area contributed by atoms with Crippen molar-refractivity contribution < 1.29 is 4.79 Å². The number of pyridine rings is 1. The van der Waals surface area contributed by atoms with Crippen molar-refractivity contribution in [2.24, 2.45) is 0 Å². The molecule has 1 saturated heterocycles. The van der Waals surface area contributed by atoms with Crippen molar-refractivity contribution in [3.8, 4) is 10.4 Å². The number of hydrogen-bond donors (Lipinski definition) is 0. The zero-order valence-corrected chi connectivity index (χ0v) is 17.7. The van der Waals surface area contributed by atoms with Gasteiger partial charge < -0.3 is 9.80 Å². The molecule has 1 amide bonds. The highest BCUT2D eigenvalue weighted by Gasteiger charge is 2.22. The average Bonchev–Trinajstić information content (AvgIpc) is 3.46. The molecule has 0 radical (unpaired) electrons. The van der Waals surface area contributed by atoms with Crippen LogP contribution in [0, 0.1) is 0 Å². The smallest absolute Gasteiger partial charge is 0.263 e. The fourth-order valence-electron chi connectivity index (χ4n) is 3.71. The first-order valence-electron chi connectivity index (χ1n) is 9.64. The highest BCUT2D eigenvalue weighted by atomic mass is 32.1. The van der Waals surface area contributed by atoms with Crippen LogP contribution in [0.15, 0.2) is 58.5 Å². The number of piperazine rings is 1. The number of fused-ring (bicyclic) bond motifs is 1. The van der Waals surface area contributed by atoms with Crippen LogP contribution in [0.2, 0.25) is 0 Å². The summed E-state index contributed by atoms with van der Waals surface area (Å²) in [6, 6.07) is 7.91. The minimum Gasteiger partial charge on any atom is -0.368 e. The van der Waals surface area contributed by atoms with E-state index < -0.39 is 0 Å². The van der Waals surface area contributed by atoms with Crippen molar-refractivity contribution in [2.75, 3.05) is 31.1 Å². The van der Waals surface area contributed by atoms with E-state index in [4.69, 9.17) is 0 Å². The number of anilines is 1. The highest BCUT2D eigenvalue weighted by Crippen LogP contribution is 2.33. The standard InChI is InChI=1S/C21H19N5O2S2/c27-18(25-9-7-24(8-10-25)15-3-5-22-6-4-15)12-26-14-23-20-19(21(26)28)16(13-30-20)17-2-1-11-29-17/h1-6,11,13-14H,7-10,12H2. The molecule has 0 spiro atoms. The third-order valence-electron chi connectivity index (χ3n) is 5.31. The summed E-state index contributed by atoms with van der Waals surface area (Å²) in [6.07, 6.45) is 5.04. The van der Waals surface area contributed by atoms with Gasteiger partial charge in [-0.3, -0.25) is 19.1 Å². The van der Waals surface area contributed by atoms with E-state index in [0.29, 0.717) is 23.3 Å². The van der Waals surface area contributed by atoms with Gasteiger partial charge in [-0.15, -0.1) is 22.7 Å². The van der Waals surface area contributed by atoms with Gasteiger partial charge in [0.2, 0.25) is 5.91 Å². The second kappa shape index (κ2) is 8.00. The number of carbonyl (C=O) groups excluding carboxylic acids is 1. The predicted molar refractivity (Wildman–Crippen MR) is 120 cm³/mol. The van der Waals surface area contributed by atoms with Gasteiger partial charge >= 0.3 is 0 Å². The molecule has 1 aliphatic heterocycles. The first kappa shape index (κ1) is 19.0. The van der Waals surface area contributed by atoms with Gasteiger partial charge in [0, 0.05) is 60.1 Å². The van der Waals surface area contributed by atoms with Gasteiger partial charge in [-0.2, -0.15) is 0 Å². The molecule has 7 nitrogen and oxygen atoms in total. The molecule has 152 valence electrons. The molecule has 0 aromatic carbocycles. The maximum Gasteiger partial charge on any atom is 0.263 e. The van der Waals surface area contributed by atoms with Crippen LogP contribution in [0.25, 0.3) is 20.7 Å². The first-order chi connectivity index (χ1) is 14.7. The molecule has 30 heavy (non-hydrogen) atoms. The van der Waals surface area contributed by atoms with Gasteiger partial charge in [-0.25, -0.2) is 4.98 Å². The maximum atomic E-state index is 13.1. The van der Waals surface area contributed by atoms with Gasteiger partial charge in [0.05, 0.1) is 11.7 Å². The topological polar surface area (TPSA) is 71.3 Å². The van der Waals surface area contributed by atoms with Gasteiger partial charge in [-0.1, -0.05) is 6.07 Å². The van der Waals surface area contributed by atoms with Crippen LogP contribution in [0.1, 0.15) is 0 Å². The Balaban J connectivity index is 1.32. The molecule has 4 aromatic heterocycles. The summed E-state index contributed by atoms with van der Waals surface area (Å²) in [5.74, 6) is -0.0551. The van der Waals surface area contributed by atoms with E-state index in [1.165, 1.54) is 22.2 Å². The third kappa shape index (κ3) is 3.50. The lowest BCUT2D eigenvalue weighted by atomic mass is 10.2. The zero-order valence-electron chi connectivity index (χ0n) is 16.1. The number of rotatable bonds is 4. The SMILES string of the molecule is O=C(Cn1cnc2scc(-c3cccs3)c2c1=O)N1CCN(c2ccncc2)CC1. The molecule has 0 saturated carbocycles. The minimum atomic E-state index is -0.159. The zero-order chi connectivity index (χ0) is 20.5. The molecular formula is C21H19N5O2S2. The lowest BCUT2D eigenvalue weighted by Gasteiger charge is -2.36. The largest absolute Gasteiger partial charge is 0.368 e. The third-order valence-corrected chi connectivity index (χ3v) is 7.10. The summed E-state index contributed by atoms with van der Waals surface area (Å²) in [7, 11) is 0. The fraction of sp³-hybridized carbons (Fsp3) is 0.238. The summed E-state index contributed by atoms with van der Waals surface area (Å²) in [6.45, 7) is 2.79. The maximum absolute atomic E-state index is 13.1. The Labute approximate surface area is 180 Å². The van der Waals surface area contributed by atoms with Crippen LogP contribution >= 0.6 is 22.7 Å². The number of amides is 1. The first-order valence-corrected chi connectivity index (χ1v) is 11.4. The molecule has 0 aliphatic carbocycles. The summed E-state index contributed by atoms with van der Waals surface area (Å²) >= 11 is 3.05. The van der Waals surface area contributed by atoms with Gasteiger partial charge in [0.25, 0.3) is 5.56 Å². The Hall–Kier alpha value is -3.04. The fourth-order valence-corrected chi connectivity index (χ4v) is 5.43. The average molecular weight is 438 g/mol. The van der Waals surface area contributed by atoms with E-state index in [2.05, 4.69) is 14.9 Å². The number of thiophene rings is 2. The number of nitrogens with zero attached hydrogens (tertiary/aromatic N) is 5. The van der Waals surface area contributed by atoms with E-state index in [-0.39, 0.29) is 18.0 Å². The Morgan fingerprint density at radius 3 is 2.60 bits per heavy atom. The number of aromatic nitrogens is 3. The van der Waals surface area contributed by atoms with Crippen molar-refractivity contribution in [3.63, 3.8) is 0 Å². The summed E-state index contributed by atoms with van der Waals surface area (Å²) in [4.78, 5) is 40.3. The molecule has 0 bridgehead atoms. The molecule has 0 unspecified atom stereocenters. The van der Waals surface area contributed by atoms with Crippen LogP contribution in [0.5, 0.6) is 0 Å². The van der Waals surface area contributed by atoms with Crippen LogP contribution in [0.4, 0.5) is 5.69 Å². The second-order valence-corrected chi connectivity index (χ2v) is 8.86. The summed E-state index contributed by atoms with van der Waals surface area (Å²) < 4.78 is 1.43. The lowest BCUT2D eigenvalue weighted by Crippen LogP contribution is -2.50. The van der Waals surface area contributed by atoms with Crippen LogP contribution in [-0.2, 0) is 11.3 Å². The monoisotopic (exact) mass is 437 g/mol. The van der Waals surface area contributed by atoms with Crippen molar-refractivity contribution >= 4 is 44.5 Å². The Morgan fingerprint density at radius 1 is 1.07 bits per heavy atom. The van der Waals surface area contributed by atoms with E-state index in [1.54, 1.807) is 23.7 Å². The van der Waals surface area contributed by atoms with Gasteiger partial charge in [-0.05, 0) is 23.6 Å². The molecule has 0 atom stereocenters. The molecular weight excluding hydrogens is 418 g/mol. The highest BCUT2D eigenvalue weighted by molar-refractivity contribution is 7.18. The van der Waals surface area contributed by atoms with Crippen LogP contribution in [0.3, 0.4) is 0 Å². The van der Waals surface area contributed by atoms with E-state index in [1.807, 2.05) is 39.9 Å². The molecule has 5 rings (SSSR count). The van der Waals surface area contributed by atoms with Crippen molar-refractivity contribution in [1.82, 2.24) is 19.4 Å². The second-order valence-electron chi connectivity index (χ2n) is 7.06. The number of carbonyl (C=O) groups is 1. The van der Waals surface area contributed by atoms with E-state index >= 15 is 0 Å². The molecule has 0 N–H and O–H groups in total. The van der Waals surface area contributed by atoms with E-state index in [0.717, 1.165) is 29.2 Å². The molecule has 1 aliphatic rings. The number of hydrogen-bond acceptors (Lipinski definition) is 7. The molecule has 4 aromatic rings. The Kier molecular flexibility index (Phi) is 5.06. The summed E-state index contributed by atoms with van der Waals surface area (Å²) in [5, 5.41) is 4.55. The molecule has 5 heterocycles. The van der Waals surface area contributed by atoms with E-state index in [9.17, 15) is 9.59 Å². The van der Waals surface area contributed by atoms with Crippen molar-refractivity contribution in [3.05, 3.63) is 64.1 Å². The van der Waals surface area contributed by atoms with Crippen LogP contribution in [-0.4, -0.2) is 51.5 Å².